The molecule has 0 amide bonds. The van der Waals surface area contributed by atoms with Gasteiger partial charge in [-0.25, -0.2) is 17.8 Å². The van der Waals surface area contributed by atoms with Crippen LogP contribution in [0.4, 0.5) is 13.2 Å². The van der Waals surface area contributed by atoms with Crippen LogP contribution in [0.25, 0.3) is 28.0 Å². The molecule has 5 rings (SSSR count). The first-order valence-electron chi connectivity index (χ1n) is 12.1. The van der Waals surface area contributed by atoms with Gasteiger partial charge in [0.25, 0.3) is 0 Å². The molecule has 11 heteroatoms. The molecule has 3 heterocycles. The largest absolute Gasteiger partial charge is 0.432 e. The van der Waals surface area contributed by atoms with Gasteiger partial charge in [0.05, 0.1) is 17.2 Å². The number of hydrogen-bond acceptors (Lipinski definition) is 5. The van der Waals surface area contributed by atoms with Crippen LogP contribution in [0.2, 0.25) is 5.02 Å². The molecule has 0 bridgehead atoms. The van der Waals surface area contributed by atoms with Gasteiger partial charge in [-0.1, -0.05) is 17.7 Å². The van der Waals surface area contributed by atoms with Gasteiger partial charge in [0, 0.05) is 40.9 Å². The fraction of sp³-hybridized carbons (Fsp3) is 0.296. The van der Waals surface area contributed by atoms with Gasteiger partial charge < -0.3 is 14.2 Å². The highest BCUT2D eigenvalue weighted by atomic mass is 35.5. The number of nitrogens with zero attached hydrogens (tertiary/aromatic N) is 3. The number of benzene rings is 2. The van der Waals surface area contributed by atoms with Crippen LogP contribution >= 0.6 is 11.6 Å². The van der Waals surface area contributed by atoms with Gasteiger partial charge >= 0.3 is 6.61 Å². The van der Waals surface area contributed by atoms with Crippen molar-refractivity contribution < 1.29 is 26.3 Å². The lowest BCUT2D eigenvalue weighted by Crippen LogP contribution is -2.40. The Morgan fingerprint density at radius 2 is 1.84 bits per heavy atom. The molecule has 4 aromatic rings. The zero-order valence-corrected chi connectivity index (χ0v) is 21.9. The third kappa shape index (κ3) is 5.98. The number of alkyl halides is 2. The van der Waals surface area contributed by atoms with E-state index < -0.39 is 28.0 Å². The summed E-state index contributed by atoms with van der Waals surface area (Å²) in [4.78, 5) is 6.98. The first-order valence-corrected chi connectivity index (χ1v) is 14.3. The normalized spacial score (nSPS) is 15.8. The third-order valence-electron chi connectivity index (χ3n) is 6.62. The highest BCUT2D eigenvalue weighted by Gasteiger charge is 2.21. The molecule has 200 valence electrons. The maximum Gasteiger partial charge on any atom is 0.387 e. The number of hydrogen-bond donors (Lipinski definition) is 0. The zero-order chi connectivity index (χ0) is 26.9. The summed E-state index contributed by atoms with van der Waals surface area (Å²) in [7, 11) is -2.92. The number of aromatic nitrogens is 2. The molecule has 0 saturated carbocycles. The van der Waals surface area contributed by atoms with E-state index in [1.54, 1.807) is 12.1 Å². The molecular weight excluding hydrogens is 539 g/mol. The molecule has 6 nitrogen and oxygen atoms in total. The Morgan fingerprint density at radius 3 is 2.55 bits per heavy atom. The molecule has 1 fully saturated rings. The summed E-state index contributed by atoms with van der Waals surface area (Å²) in [6, 6.07) is 14.8. The van der Waals surface area contributed by atoms with E-state index in [2.05, 4.69) is 9.64 Å². The molecule has 0 unspecified atom stereocenters. The Bertz CT molecular complexity index is 1560. The Balaban J connectivity index is 1.45. The van der Waals surface area contributed by atoms with E-state index in [1.165, 1.54) is 6.07 Å². The fourth-order valence-electron chi connectivity index (χ4n) is 4.67. The van der Waals surface area contributed by atoms with E-state index in [4.69, 9.17) is 16.6 Å². The van der Waals surface area contributed by atoms with Crippen LogP contribution in [0.1, 0.15) is 12.0 Å². The second-order valence-electron chi connectivity index (χ2n) is 9.19. The fourth-order valence-corrected chi connectivity index (χ4v) is 6.13. The van der Waals surface area contributed by atoms with Crippen LogP contribution in [0, 0.1) is 5.82 Å². The van der Waals surface area contributed by atoms with Gasteiger partial charge in [-0.3, -0.25) is 0 Å². The third-order valence-corrected chi connectivity index (χ3v) is 8.47. The number of pyridine rings is 1. The van der Waals surface area contributed by atoms with E-state index in [-0.39, 0.29) is 11.5 Å². The number of ether oxygens (including phenoxy) is 1. The summed E-state index contributed by atoms with van der Waals surface area (Å²) in [5.74, 6) is -1.03. The predicted octanol–water partition coefficient (Wildman–Crippen LogP) is 5.75. The van der Waals surface area contributed by atoms with E-state index >= 15 is 0 Å². The lowest BCUT2D eigenvalue weighted by Gasteiger charge is -2.26. The van der Waals surface area contributed by atoms with Crippen molar-refractivity contribution in [3.8, 4) is 22.7 Å². The van der Waals surface area contributed by atoms with Crippen molar-refractivity contribution in [2.75, 3.05) is 31.1 Å². The van der Waals surface area contributed by atoms with Crippen LogP contribution in [0.3, 0.4) is 0 Å². The minimum atomic E-state index is -3.12. The molecule has 0 spiro atoms. The lowest BCUT2D eigenvalue weighted by atomic mass is 10.1. The summed E-state index contributed by atoms with van der Waals surface area (Å²) < 4.78 is 69.0. The number of sulfone groups is 1. The molecule has 38 heavy (non-hydrogen) atoms. The molecular formula is C27H25ClF3N3O3S. The van der Waals surface area contributed by atoms with Crippen LogP contribution in [-0.4, -0.2) is 60.6 Å². The summed E-state index contributed by atoms with van der Waals surface area (Å²) in [6.45, 7) is -1.23. The molecule has 0 atom stereocenters. The first kappa shape index (κ1) is 26.5. The first-order chi connectivity index (χ1) is 18.2. The van der Waals surface area contributed by atoms with E-state index in [1.807, 2.05) is 35.0 Å². The smallest absolute Gasteiger partial charge is 0.387 e. The van der Waals surface area contributed by atoms with Crippen LogP contribution in [0.15, 0.2) is 60.8 Å². The van der Waals surface area contributed by atoms with Crippen LogP contribution in [-0.2, 0) is 16.3 Å². The lowest BCUT2D eigenvalue weighted by molar-refractivity contribution is -0.0521. The average molecular weight is 564 g/mol. The van der Waals surface area contributed by atoms with E-state index in [0.29, 0.717) is 35.0 Å². The molecule has 2 aromatic heterocycles. The van der Waals surface area contributed by atoms with Gasteiger partial charge in [0.2, 0.25) is 0 Å². The number of fused-ring (bicyclic) bond motifs is 1. The Kier molecular flexibility index (Phi) is 7.65. The standard InChI is InChI=1S/C27H25ClF3N3O3S/c28-20-4-1-5-21(16-20)34-17-19(3-2-10-33-11-13-38(35,36)14-12-33)22-7-8-24(32-26(22)34)18-6-9-25(23(29)15-18)37-27(30)31/h1,4-9,15-17,27H,2-3,10-14H2. The Labute approximate surface area is 223 Å². The molecule has 0 aliphatic carbocycles. The number of aryl methyl sites for hydroxylation is 1. The minimum absolute atomic E-state index is 0.198. The van der Waals surface area contributed by atoms with Crippen LogP contribution < -0.4 is 4.74 Å². The van der Waals surface area contributed by atoms with Crippen LogP contribution in [0.5, 0.6) is 5.75 Å². The maximum absolute atomic E-state index is 14.4. The summed E-state index contributed by atoms with van der Waals surface area (Å²) in [5, 5.41) is 1.49. The van der Waals surface area contributed by atoms with Crippen molar-refractivity contribution in [3.05, 3.63) is 77.2 Å². The van der Waals surface area contributed by atoms with Crippen molar-refractivity contribution in [3.63, 3.8) is 0 Å². The van der Waals surface area contributed by atoms with E-state index in [9.17, 15) is 21.6 Å². The number of halogens is 4. The summed E-state index contributed by atoms with van der Waals surface area (Å²) in [5.41, 5.74) is 3.42. The monoisotopic (exact) mass is 563 g/mol. The Morgan fingerprint density at radius 1 is 1.05 bits per heavy atom. The quantitative estimate of drug-likeness (QED) is 0.273. The van der Waals surface area contributed by atoms with Gasteiger partial charge in [-0.05, 0) is 73.5 Å². The SMILES string of the molecule is O=S1(=O)CCN(CCCc2cn(-c3cccc(Cl)c3)c3nc(-c4ccc(OC(F)F)c(F)c4)ccc23)CC1. The number of rotatable bonds is 8. The second-order valence-corrected chi connectivity index (χ2v) is 11.9. The molecule has 1 aliphatic rings. The van der Waals surface area contributed by atoms with Gasteiger partial charge in [0.15, 0.2) is 21.4 Å². The van der Waals surface area contributed by atoms with Gasteiger partial charge in [-0.2, -0.15) is 8.78 Å². The van der Waals surface area contributed by atoms with Crippen molar-refractivity contribution in [1.29, 1.82) is 0 Å². The summed E-state index contributed by atoms with van der Waals surface area (Å²) >= 11 is 6.25. The van der Waals surface area contributed by atoms with E-state index in [0.717, 1.165) is 48.2 Å². The van der Waals surface area contributed by atoms with Crippen molar-refractivity contribution >= 4 is 32.5 Å². The van der Waals surface area contributed by atoms with Crippen molar-refractivity contribution in [2.24, 2.45) is 0 Å². The van der Waals surface area contributed by atoms with Gasteiger partial charge in [0.1, 0.15) is 5.65 Å². The zero-order valence-electron chi connectivity index (χ0n) is 20.3. The summed E-state index contributed by atoms with van der Waals surface area (Å²) in [6.07, 6.45) is 3.60. The molecule has 0 N–H and O–H groups in total. The highest BCUT2D eigenvalue weighted by Crippen LogP contribution is 2.31. The topological polar surface area (TPSA) is 64.4 Å². The second kappa shape index (κ2) is 11.0. The highest BCUT2D eigenvalue weighted by molar-refractivity contribution is 7.91. The Hall–Kier alpha value is -3.08. The average Bonchev–Trinajstić information content (AvgIpc) is 3.24. The molecule has 1 saturated heterocycles. The molecule has 2 aromatic carbocycles. The predicted molar refractivity (Wildman–Crippen MR) is 142 cm³/mol. The van der Waals surface area contributed by atoms with Crippen molar-refractivity contribution in [2.45, 2.75) is 19.5 Å². The molecule has 1 aliphatic heterocycles. The minimum Gasteiger partial charge on any atom is -0.432 e. The maximum atomic E-state index is 14.4. The van der Waals surface area contributed by atoms with Gasteiger partial charge in [-0.15, -0.1) is 0 Å². The molecule has 0 radical (unpaired) electrons. The van der Waals surface area contributed by atoms with Crippen molar-refractivity contribution in [1.82, 2.24) is 14.5 Å².